The van der Waals surface area contributed by atoms with Crippen LogP contribution in [0.1, 0.15) is 45.1 Å². The van der Waals surface area contributed by atoms with Gasteiger partial charge in [-0.3, -0.25) is 0 Å². The smallest absolute Gasteiger partial charge is 0.416 e. The first-order valence-electron chi connectivity index (χ1n) is 9.22. The Morgan fingerprint density at radius 1 is 1.10 bits per heavy atom. The Kier molecular flexibility index (Phi) is 7.06. The topological polar surface area (TPSA) is 41.9 Å². The van der Waals surface area contributed by atoms with Crippen LogP contribution < -0.4 is 0 Å². The second kappa shape index (κ2) is 9.11. The highest BCUT2D eigenvalue weighted by Gasteiger charge is 2.32. The molecule has 0 fully saturated rings. The minimum atomic E-state index is -4.40. The zero-order valence-corrected chi connectivity index (χ0v) is 17.2. The molecule has 0 aromatic heterocycles. The molecule has 0 aliphatic carbocycles. The van der Waals surface area contributed by atoms with Gasteiger partial charge in [-0.2, -0.15) is 13.2 Å². The van der Waals surface area contributed by atoms with Crippen LogP contribution in [0, 0.1) is 20.8 Å². The molecule has 0 aliphatic heterocycles. The van der Waals surface area contributed by atoms with Crippen LogP contribution in [0.2, 0.25) is 0 Å². The molecule has 0 N–H and O–H groups in total. The van der Waals surface area contributed by atoms with E-state index in [0.29, 0.717) is 11.1 Å². The molecule has 156 valence electrons. The molecule has 0 saturated carbocycles. The molecule has 2 aromatic carbocycles. The number of esters is 1. The van der Waals surface area contributed by atoms with Crippen molar-refractivity contribution >= 4 is 18.0 Å². The second-order valence-corrected chi connectivity index (χ2v) is 6.99. The highest BCUT2D eigenvalue weighted by molar-refractivity contribution is 5.92. The standard InChI is InChI=1S/C22H25F3N2O2/c1-6-27(5)13-26-20-11-14(2)18(10-16(20)4)21(28)29-12-17-7-8-19(15(3)9-17)22(23,24)25/h7-11,13H,6,12H2,1-5H3/b26-13+. The molecular weight excluding hydrogens is 381 g/mol. The number of carbonyl (C=O) groups excluding carboxylic acids is 1. The number of rotatable bonds is 6. The van der Waals surface area contributed by atoms with Gasteiger partial charge in [-0.1, -0.05) is 12.1 Å². The molecule has 4 nitrogen and oxygen atoms in total. The van der Waals surface area contributed by atoms with E-state index in [1.807, 2.05) is 31.9 Å². The van der Waals surface area contributed by atoms with E-state index in [1.165, 1.54) is 19.1 Å². The number of carbonyl (C=O) groups is 1. The molecule has 0 saturated heterocycles. The lowest BCUT2D eigenvalue weighted by Gasteiger charge is -2.13. The lowest BCUT2D eigenvalue weighted by atomic mass is 10.0. The van der Waals surface area contributed by atoms with Crippen molar-refractivity contribution in [1.29, 1.82) is 0 Å². The average Bonchev–Trinajstić information content (AvgIpc) is 2.65. The van der Waals surface area contributed by atoms with Gasteiger partial charge in [0.25, 0.3) is 0 Å². The van der Waals surface area contributed by atoms with Gasteiger partial charge < -0.3 is 9.64 Å². The Morgan fingerprint density at radius 2 is 1.79 bits per heavy atom. The molecular formula is C22H25F3N2O2. The number of benzene rings is 2. The number of aliphatic imine (C=N–C) groups is 1. The van der Waals surface area contributed by atoms with Crippen LogP contribution in [0.5, 0.6) is 0 Å². The van der Waals surface area contributed by atoms with Crippen molar-refractivity contribution in [2.75, 3.05) is 13.6 Å². The molecule has 7 heteroatoms. The number of nitrogens with zero attached hydrogens (tertiary/aromatic N) is 2. The Hall–Kier alpha value is -2.83. The molecule has 0 bridgehead atoms. The fourth-order valence-corrected chi connectivity index (χ4v) is 2.76. The first kappa shape index (κ1) is 22.5. The highest BCUT2D eigenvalue weighted by Crippen LogP contribution is 2.32. The highest BCUT2D eigenvalue weighted by atomic mass is 19.4. The van der Waals surface area contributed by atoms with Crippen LogP contribution in [0.25, 0.3) is 0 Å². The van der Waals surface area contributed by atoms with Crippen molar-refractivity contribution in [1.82, 2.24) is 4.90 Å². The summed E-state index contributed by atoms with van der Waals surface area (Å²) in [7, 11) is 1.92. The fraction of sp³-hybridized carbons (Fsp3) is 0.364. The van der Waals surface area contributed by atoms with Gasteiger partial charge in [0.1, 0.15) is 6.61 Å². The van der Waals surface area contributed by atoms with Crippen LogP contribution >= 0.6 is 0 Å². The van der Waals surface area contributed by atoms with E-state index in [-0.39, 0.29) is 12.2 Å². The third kappa shape index (κ3) is 5.82. The van der Waals surface area contributed by atoms with E-state index in [9.17, 15) is 18.0 Å². The number of ether oxygens (including phenoxy) is 1. The van der Waals surface area contributed by atoms with E-state index in [2.05, 4.69) is 4.99 Å². The molecule has 2 aromatic rings. The third-order valence-corrected chi connectivity index (χ3v) is 4.62. The van der Waals surface area contributed by atoms with Crippen LogP contribution in [-0.2, 0) is 17.5 Å². The van der Waals surface area contributed by atoms with Crippen molar-refractivity contribution in [3.63, 3.8) is 0 Å². The molecule has 0 unspecified atom stereocenters. The maximum absolute atomic E-state index is 12.9. The normalized spacial score (nSPS) is 11.7. The third-order valence-electron chi connectivity index (χ3n) is 4.62. The van der Waals surface area contributed by atoms with Gasteiger partial charge in [0.15, 0.2) is 0 Å². The fourth-order valence-electron chi connectivity index (χ4n) is 2.76. The molecule has 0 radical (unpaired) electrons. The Bertz CT molecular complexity index is 921. The molecule has 0 spiro atoms. The summed E-state index contributed by atoms with van der Waals surface area (Å²) in [5, 5.41) is 0. The zero-order chi connectivity index (χ0) is 21.8. The van der Waals surface area contributed by atoms with Crippen LogP contribution in [-0.4, -0.2) is 30.8 Å². The number of aryl methyl sites for hydroxylation is 3. The van der Waals surface area contributed by atoms with E-state index >= 15 is 0 Å². The summed E-state index contributed by atoms with van der Waals surface area (Å²) in [6.45, 7) is 7.78. The minimum absolute atomic E-state index is 0.0948. The monoisotopic (exact) mass is 406 g/mol. The van der Waals surface area contributed by atoms with Crippen LogP contribution in [0.4, 0.5) is 18.9 Å². The van der Waals surface area contributed by atoms with Gasteiger partial charge in [-0.05, 0) is 68.1 Å². The molecule has 0 amide bonds. The summed E-state index contributed by atoms with van der Waals surface area (Å²) in [4.78, 5) is 18.8. The summed E-state index contributed by atoms with van der Waals surface area (Å²) in [5.41, 5.74) is 2.62. The summed E-state index contributed by atoms with van der Waals surface area (Å²) in [5.74, 6) is -0.524. The summed E-state index contributed by atoms with van der Waals surface area (Å²) in [6.07, 6.45) is -2.67. The Balaban J connectivity index is 2.12. The molecule has 0 atom stereocenters. The lowest BCUT2D eigenvalue weighted by molar-refractivity contribution is -0.138. The van der Waals surface area contributed by atoms with E-state index in [4.69, 9.17) is 4.74 Å². The van der Waals surface area contributed by atoms with Crippen molar-refractivity contribution in [2.45, 2.75) is 40.5 Å². The van der Waals surface area contributed by atoms with E-state index in [0.717, 1.165) is 29.4 Å². The minimum Gasteiger partial charge on any atom is -0.457 e. The number of halogens is 3. The van der Waals surface area contributed by atoms with Crippen LogP contribution in [0.15, 0.2) is 35.3 Å². The molecule has 29 heavy (non-hydrogen) atoms. The summed E-state index contributed by atoms with van der Waals surface area (Å²) in [6, 6.07) is 7.25. The number of hydrogen-bond acceptors (Lipinski definition) is 3. The van der Waals surface area contributed by atoms with Gasteiger partial charge in [-0.15, -0.1) is 0 Å². The average molecular weight is 406 g/mol. The van der Waals surface area contributed by atoms with Crippen LogP contribution in [0.3, 0.4) is 0 Å². The maximum Gasteiger partial charge on any atom is 0.416 e. The largest absolute Gasteiger partial charge is 0.457 e. The first-order valence-corrected chi connectivity index (χ1v) is 9.22. The van der Waals surface area contributed by atoms with Gasteiger partial charge in [0.2, 0.25) is 0 Å². The van der Waals surface area contributed by atoms with Gasteiger partial charge in [-0.25, -0.2) is 9.79 Å². The summed E-state index contributed by atoms with van der Waals surface area (Å²) < 4.78 is 43.9. The maximum atomic E-state index is 12.9. The zero-order valence-electron chi connectivity index (χ0n) is 17.2. The Morgan fingerprint density at radius 3 is 2.38 bits per heavy atom. The van der Waals surface area contributed by atoms with Crippen molar-refractivity contribution in [3.05, 3.63) is 63.7 Å². The second-order valence-electron chi connectivity index (χ2n) is 6.99. The number of hydrogen-bond donors (Lipinski definition) is 0. The van der Waals surface area contributed by atoms with Gasteiger partial charge in [0.05, 0.1) is 23.2 Å². The quantitative estimate of drug-likeness (QED) is 0.356. The van der Waals surface area contributed by atoms with Crippen molar-refractivity contribution in [2.24, 2.45) is 4.99 Å². The predicted octanol–water partition coefficient (Wildman–Crippen LogP) is 5.60. The molecule has 2 rings (SSSR count). The summed E-state index contributed by atoms with van der Waals surface area (Å²) >= 11 is 0. The van der Waals surface area contributed by atoms with Crippen molar-refractivity contribution in [3.8, 4) is 0 Å². The molecule has 0 aliphatic rings. The molecule has 0 heterocycles. The SMILES string of the molecule is CCN(C)/C=N/c1cc(C)c(C(=O)OCc2ccc(C(F)(F)F)c(C)c2)cc1C. The first-order chi connectivity index (χ1) is 13.5. The van der Waals surface area contributed by atoms with Gasteiger partial charge >= 0.3 is 12.1 Å². The van der Waals surface area contributed by atoms with Gasteiger partial charge in [0, 0.05) is 13.6 Å². The Labute approximate surface area is 169 Å². The number of alkyl halides is 3. The lowest BCUT2D eigenvalue weighted by Crippen LogP contribution is -2.14. The van der Waals surface area contributed by atoms with Crippen molar-refractivity contribution < 1.29 is 22.7 Å². The van der Waals surface area contributed by atoms with E-state index < -0.39 is 17.7 Å². The predicted molar refractivity (Wildman–Crippen MR) is 108 cm³/mol. The van der Waals surface area contributed by atoms with E-state index in [1.54, 1.807) is 19.3 Å².